The predicted octanol–water partition coefficient (Wildman–Crippen LogP) is 4.56. The zero-order chi connectivity index (χ0) is 12.1. The van der Waals surface area contributed by atoms with E-state index < -0.39 is 0 Å². The van der Waals surface area contributed by atoms with E-state index in [1.165, 1.54) is 22.3 Å². The van der Waals surface area contributed by atoms with Crippen LogP contribution in [0.15, 0.2) is 61.7 Å². The van der Waals surface area contributed by atoms with Crippen LogP contribution in [0.2, 0.25) is 0 Å². The number of hydrogen-bond acceptors (Lipinski definition) is 0. The molecule has 0 amide bonds. The van der Waals surface area contributed by atoms with Crippen molar-refractivity contribution in [2.45, 2.75) is 6.42 Å². The molecule has 0 spiro atoms. The smallest absolute Gasteiger partial charge is 0.00139 e. The summed E-state index contributed by atoms with van der Waals surface area (Å²) in [7, 11) is 0. The van der Waals surface area contributed by atoms with Crippen molar-refractivity contribution in [2.24, 2.45) is 0 Å². The van der Waals surface area contributed by atoms with Gasteiger partial charge in [0.1, 0.15) is 0 Å². The lowest BCUT2D eigenvalue weighted by Crippen LogP contribution is -1.95. The monoisotopic (exact) mass is 220 g/mol. The third kappa shape index (κ3) is 2.54. The molecule has 0 saturated heterocycles. The molecule has 2 aromatic rings. The van der Waals surface area contributed by atoms with Gasteiger partial charge in [0.15, 0.2) is 0 Å². The minimum absolute atomic E-state index is 0.921. The first-order chi connectivity index (χ1) is 8.35. The van der Waals surface area contributed by atoms with Crippen LogP contribution in [0.1, 0.15) is 22.3 Å². The Bertz CT molecular complexity index is 495. The zero-order valence-electron chi connectivity index (χ0n) is 9.89. The lowest BCUT2D eigenvalue weighted by molar-refractivity contribution is 1.18. The minimum Gasteiger partial charge on any atom is -0.0985 e. The van der Waals surface area contributed by atoms with Crippen LogP contribution in [0.4, 0.5) is 0 Å². The standard InChI is InChI=1S/C17H16/c1-3-15-11-8-12-16(4-2)17(15)13-14-9-6-5-7-10-14/h3-12H,1-2,13H2. The molecule has 0 radical (unpaired) electrons. The summed E-state index contributed by atoms with van der Waals surface area (Å²) in [4.78, 5) is 0. The Morgan fingerprint density at radius 3 is 1.88 bits per heavy atom. The van der Waals surface area contributed by atoms with Gasteiger partial charge >= 0.3 is 0 Å². The van der Waals surface area contributed by atoms with E-state index in [4.69, 9.17) is 0 Å². The van der Waals surface area contributed by atoms with E-state index in [9.17, 15) is 0 Å². The van der Waals surface area contributed by atoms with Crippen molar-refractivity contribution in [1.29, 1.82) is 0 Å². The highest BCUT2D eigenvalue weighted by Crippen LogP contribution is 2.21. The van der Waals surface area contributed by atoms with Crippen molar-refractivity contribution < 1.29 is 0 Å². The van der Waals surface area contributed by atoms with E-state index in [-0.39, 0.29) is 0 Å². The quantitative estimate of drug-likeness (QED) is 0.708. The highest BCUT2D eigenvalue weighted by molar-refractivity contribution is 5.63. The average Bonchev–Trinajstić information content (AvgIpc) is 2.40. The van der Waals surface area contributed by atoms with Gasteiger partial charge in [-0.05, 0) is 28.7 Å². The molecule has 0 nitrogen and oxygen atoms in total. The van der Waals surface area contributed by atoms with Gasteiger partial charge in [-0.2, -0.15) is 0 Å². The zero-order valence-corrected chi connectivity index (χ0v) is 9.89. The minimum atomic E-state index is 0.921. The third-order valence-corrected chi connectivity index (χ3v) is 2.91. The predicted molar refractivity (Wildman–Crippen MR) is 75.9 cm³/mol. The summed E-state index contributed by atoms with van der Waals surface area (Å²) in [5, 5.41) is 0. The first-order valence-corrected chi connectivity index (χ1v) is 5.76. The van der Waals surface area contributed by atoms with E-state index >= 15 is 0 Å². The molecule has 0 aromatic heterocycles. The maximum atomic E-state index is 3.87. The van der Waals surface area contributed by atoms with E-state index in [0.717, 1.165) is 6.42 Å². The van der Waals surface area contributed by atoms with E-state index in [1.807, 2.05) is 24.3 Å². The first-order valence-electron chi connectivity index (χ1n) is 5.76. The van der Waals surface area contributed by atoms with Crippen LogP contribution in [0, 0.1) is 0 Å². The van der Waals surface area contributed by atoms with E-state index in [1.54, 1.807) is 0 Å². The second kappa shape index (κ2) is 5.31. The van der Waals surface area contributed by atoms with Gasteiger partial charge in [0.2, 0.25) is 0 Å². The van der Waals surface area contributed by atoms with Crippen molar-refractivity contribution in [3.8, 4) is 0 Å². The fourth-order valence-electron chi connectivity index (χ4n) is 2.01. The third-order valence-electron chi connectivity index (χ3n) is 2.91. The van der Waals surface area contributed by atoms with E-state index in [0.29, 0.717) is 0 Å². The largest absolute Gasteiger partial charge is 0.0985 e. The van der Waals surface area contributed by atoms with Crippen molar-refractivity contribution >= 4 is 12.2 Å². The Morgan fingerprint density at radius 2 is 1.35 bits per heavy atom. The lowest BCUT2D eigenvalue weighted by atomic mass is 9.95. The van der Waals surface area contributed by atoms with Crippen molar-refractivity contribution in [1.82, 2.24) is 0 Å². The summed E-state index contributed by atoms with van der Waals surface area (Å²) in [6.45, 7) is 7.75. The molecule has 0 aliphatic carbocycles. The maximum absolute atomic E-state index is 3.87. The molecule has 0 bridgehead atoms. The molecule has 0 heteroatoms. The van der Waals surface area contributed by atoms with Gasteiger partial charge in [0.05, 0.1) is 0 Å². The molecular weight excluding hydrogens is 204 g/mol. The van der Waals surface area contributed by atoms with Crippen molar-refractivity contribution in [2.75, 3.05) is 0 Å². The number of rotatable bonds is 4. The highest BCUT2D eigenvalue weighted by Gasteiger charge is 2.04. The van der Waals surface area contributed by atoms with Crippen LogP contribution in [0.25, 0.3) is 12.2 Å². The Kier molecular flexibility index (Phi) is 3.56. The maximum Gasteiger partial charge on any atom is -0.00139 e. The molecule has 0 N–H and O–H groups in total. The Balaban J connectivity index is 2.43. The van der Waals surface area contributed by atoms with Crippen LogP contribution in [-0.2, 0) is 6.42 Å². The Labute approximate surface area is 103 Å². The van der Waals surface area contributed by atoms with Gasteiger partial charge in [-0.3, -0.25) is 0 Å². The van der Waals surface area contributed by atoms with Gasteiger partial charge in [-0.25, -0.2) is 0 Å². The summed E-state index contributed by atoms with van der Waals surface area (Å²) in [6, 6.07) is 16.7. The molecule has 0 aliphatic rings. The highest BCUT2D eigenvalue weighted by atomic mass is 14.1. The van der Waals surface area contributed by atoms with Crippen LogP contribution < -0.4 is 0 Å². The topological polar surface area (TPSA) is 0 Å². The van der Waals surface area contributed by atoms with Gasteiger partial charge in [-0.15, -0.1) is 0 Å². The second-order valence-electron chi connectivity index (χ2n) is 3.99. The summed E-state index contributed by atoms with van der Waals surface area (Å²) in [6.07, 6.45) is 4.74. The fraction of sp³-hybridized carbons (Fsp3) is 0.0588. The summed E-state index contributed by atoms with van der Waals surface area (Å²) in [5.74, 6) is 0. The SMILES string of the molecule is C=Cc1cccc(C=C)c1Cc1ccccc1. The lowest BCUT2D eigenvalue weighted by Gasteiger charge is -2.10. The molecule has 0 heterocycles. The molecule has 2 rings (SSSR count). The summed E-state index contributed by atoms with van der Waals surface area (Å²) >= 11 is 0. The molecular formula is C17H16. The molecule has 0 fully saturated rings. The summed E-state index contributed by atoms with van der Waals surface area (Å²) < 4.78 is 0. The molecule has 17 heavy (non-hydrogen) atoms. The first kappa shape index (κ1) is 11.4. The second-order valence-corrected chi connectivity index (χ2v) is 3.99. The average molecular weight is 220 g/mol. The van der Waals surface area contributed by atoms with Gasteiger partial charge in [-0.1, -0.05) is 73.8 Å². The fourth-order valence-corrected chi connectivity index (χ4v) is 2.01. The molecule has 0 unspecified atom stereocenters. The molecule has 0 saturated carbocycles. The number of benzene rings is 2. The van der Waals surface area contributed by atoms with Gasteiger partial charge in [0, 0.05) is 0 Å². The summed E-state index contributed by atoms with van der Waals surface area (Å²) in [5.41, 5.74) is 4.98. The number of hydrogen-bond donors (Lipinski definition) is 0. The van der Waals surface area contributed by atoms with E-state index in [2.05, 4.69) is 49.6 Å². The Morgan fingerprint density at radius 1 is 0.765 bits per heavy atom. The van der Waals surface area contributed by atoms with Crippen LogP contribution >= 0.6 is 0 Å². The van der Waals surface area contributed by atoms with Gasteiger partial charge in [0.25, 0.3) is 0 Å². The normalized spacial score (nSPS) is 9.88. The molecule has 0 aliphatic heterocycles. The Hall–Kier alpha value is -2.08. The van der Waals surface area contributed by atoms with Crippen LogP contribution in [0.5, 0.6) is 0 Å². The van der Waals surface area contributed by atoms with Crippen molar-refractivity contribution in [3.05, 3.63) is 83.9 Å². The van der Waals surface area contributed by atoms with Gasteiger partial charge < -0.3 is 0 Å². The molecule has 84 valence electrons. The van der Waals surface area contributed by atoms with Crippen LogP contribution in [0.3, 0.4) is 0 Å². The molecule has 2 aromatic carbocycles. The molecule has 0 atom stereocenters. The van der Waals surface area contributed by atoms with Crippen molar-refractivity contribution in [3.63, 3.8) is 0 Å². The van der Waals surface area contributed by atoms with Crippen LogP contribution in [-0.4, -0.2) is 0 Å².